The van der Waals surface area contributed by atoms with E-state index in [0.717, 1.165) is 43.3 Å². The first-order valence-electron chi connectivity index (χ1n) is 9.37. The highest BCUT2D eigenvalue weighted by molar-refractivity contribution is 7.09. The molecular formula is C19H28N2OS. The standard InChI is InChI=1S/C19H28N2OS/c1-12-11-23-17(21-12)4-2-3-5-20-19(22)18-15-7-13-6-14(9-15)10-16(18)8-13/h11,13-16,18H,2-10H2,1H3,(H,20,22). The molecule has 1 N–H and O–H groups in total. The first-order chi connectivity index (χ1) is 11.2. The summed E-state index contributed by atoms with van der Waals surface area (Å²) >= 11 is 1.75. The minimum atomic E-state index is 0.337. The third kappa shape index (κ3) is 3.33. The summed E-state index contributed by atoms with van der Waals surface area (Å²) in [6, 6.07) is 0. The molecular weight excluding hydrogens is 304 g/mol. The van der Waals surface area contributed by atoms with E-state index in [2.05, 4.69) is 15.7 Å². The highest BCUT2D eigenvalue weighted by Crippen LogP contribution is 2.56. The highest BCUT2D eigenvalue weighted by atomic mass is 32.1. The van der Waals surface area contributed by atoms with Crippen LogP contribution in [0.2, 0.25) is 0 Å². The molecule has 0 aliphatic heterocycles. The Hall–Kier alpha value is -0.900. The molecule has 0 unspecified atom stereocenters. The molecule has 1 aromatic heterocycles. The first-order valence-corrected chi connectivity index (χ1v) is 10.3. The molecule has 0 saturated heterocycles. The van der Waals surface area contributed by atoms with Gasteiger partial charge in [0.1, 0.15) is 0 Å². The van der Waals surface area contributed by atoms with E-state index in [-0.39, 0.29) is 0 Å². The van der Waals surface area contributed by atoms with Gasteiger partial charge in [0.2, 0.25) is 5.91 Å². The smallest absolute Gasteiger partial charge is 0.223 e. The molecule has 3 nitrogen and oxygen atoms in total. The fourth-order valence-electron chi connectivity index (χ4n) is 5.60. The number of aromatic nitrogens is 1. The Morgan fingerprint density at radius 2 is 1.87 bits per heavy atom. The number of thiazole rings is 1. The normalized spacial score (nSPS) is 34.7. The molecule has 4 bridgehead atoms. The summed E-state index contributed by atoms with van der Waals surface area (Å²) < 4.78 is 0. The number of hydrogen-bond donors (Lipinski definition) is 1. The highest BCUT2D eigenvalue weighted by Gasteiger charge is 2.50. The summed E-state index contributed by atoms with van der Waals surface area (Å²) in [5.74, 6) is 3.99. The number of aryl methyl sites for hydroxylation is 2. The van der Waals surface area contributed by atoms with Crippen molar-refractivity contribution in [1.82, 2.24) is 10.3 Å². The van der Waals surface area contributed by atoms with Crippen molar-refractivity contribution in [2.24, 2.45) is 29.6 Å². The Labute approximate surface area is 143 Å². The van der Waals surface area contributed by atoms with Gasteiger partial charge in [0.15, 0.2) is 0 Å². The molecule has 0 atom stereocenters. The molecule has 0 spiro atoms. The van der Waals surface area contributed by atoms with E-state index < -0.39 is 0 Å². The third-order valence-corrected chi connectivity index (χ3v) is 7.34. The second-order valence-electron chi connectivity index (χ2n) is 8.09. The molecule has 5 rings (SSSR count). The van der Waals surface area contributed by atoms with E-state index in [1.54, 1.807) is 11.3 Å². The summed E-state index contributed by atoms with van der Waals surface area (Å²) in [6.07, 6.45) is 10.0. The molecule has 4 saturated carbocycles. The minimum Gasteiger partial charge on any atom is -0.356 e. The van der Waals surface area contributed by atoms with Crippen molar-refractivity contribution in [2.75, 3.05) is 6.54 Å². The molecule has 4 fully saturated rings. The third-order valence-electron chi connectivity index (χ3n) is 6.31. The van der Waals surface area contributed by atoms with Crippen molar-refractivity contribution in [1.29, 1.82) is 0 Å². The molecule has 1 heterocycles. The maximum Gasteiger partial charge on any atom is 0.223 e. The lowest BCUT2D eigenvalue weighted by Gasteiger charge is -2.53. The Morgan fingerprint density at radius 1 is 1.17 bits per heavy atom. The van der Waals surface area contributed by atoms with Gasteiger partial charge in [-0.15, -0.1) is 11.3 Å². The van der Waals surface area contributed by atoms with Crippen LogP contribution in [-0.4, -0.2) is 17.4 Å². The monoisotopic (exact) mass is 332 g/mol. The van der Waals surface area contributed by atoms with Crippen LogP contribution in [0.5, 0.6) is 0 Å². The average Bonchev–Trinajstić information content (AvgIpc) is 2.91. The van der Waals surface area contributed by atoms with Crippen LogP contribution in [0, 0.1) is 36.5 Å². The predicted molar refractivity (Wildman–Crippen MR) is 93.3 cm³/mol. The molecule has 1 amide bonds. The number of rotatable bonds is 6. The van der Waals surface area contributed by atoms with Crippen LogP contribution in [0.3, 0.4) is 0 Å². The number of nitrogens with zero attached hydrogens (tertiary/aromatic N) is 1. The zero-order valence-electron chi connectivity index (χ0n) is 14.1. The van der Waals surface area contributed by atoms with Crippen molar-refractivity contribution in [3.05, 3.63) is 16.1 Å². The zero-order valence-corrected chi connectivity index (χ0v) is 14.9. The van der Waals surface area contributed by atoms with Crippen LogP contribution in [-0.2, 0) is 11.2 Å². The van der Waals surface area contributed by atoms with Gasteiger partial charge in [-0.3, -0.25) is 4.79 Å². The van der Waals surface area contributed by atoms with Crippen LogP contribution >= 0.6 is 11.3 Å². The summed E-state index contributed by atoms with van der Waals surface area (Å²) in [6.45, 7) is 2.89. The molecule has 1 aromatic rings. The number of nitrogens with one attached hydrogen (secondary N) is 1. The Balaban J connectivity index is 1.20. The van der Waals surface area contributed by atoms with Crippen LogP contribution in [0.4, 0.5) is 0 Å². The first kappa shape index (κ1) is 15.6. The fraction of sp³-hybridized carbons (Fsp3) is 0.789. The van der Waals surface area contributed by atoms with Gasteiger partial charge < -0.3 is 5.32 Å². The van der Waals surface area contributed by atoms with E-state index >= 15 is 0 Å². The molecule has 126 valence electrons. The Bertz CT molecular complexity index is 539. The quantitative estimate of drug-likeness (QED) is 0.801. The molecule has 0 aromatic carbocycles. The van der Waals surface area contributed by atoms with Gasteiger partial charge in [0.05, 0.1) is 5.01 Å². The lowest BCUT2D eigenvalue weighted by molar-refractivity contribution is -0.138. The summed E-state index contributed by atoms with van der Waals surface area (Å²) in [4.78, 5) is 17.1. The zero-order chi connectivity index (χ0) is 15.8. The second kappa shape index (κ2) is 6.54. The van der Waals surface area contributed by atoms with Gasteiger partial charge in [-0.2, -0.15) is 0 Å². The van der Waals surface area contributed by atoms with E-state index in [9.17, 15) is 4.79 Å². The maximum absolute atomic E-state index is 12.6. The second-order valence-corrected chi connectivity index (χ2v) is 9.03. The average molecular weight is 333 g/mol. The topological polar surface area (TPSA) is 42.0 Å². The van der Waals surface area contributed by atoms with Crippen molar-refractivity contribution < 1.29 is 4.79 Å². The van der Waals surface area contributed by atoms with Gasteiger partial charge in [0.25, 0.3) is 0 Å². The van der Waals surface area contributed by atoms with Gasteiger partial charge in [-0.1, -0.05) is 0 Å². The van der Waals surface area contributed by atoms with Crippen molar-refractivity contribution in [3.63, 3.8) is 0 Å². The number of carbonyl (C=O) groups is 1. The number of carbonyl (C=O) groups excluding carboxylic acids is 1. The summed E-state index contributed by atoms with van der Waals surface area (Å²) in [5.41, 5.74) is 1.13. The predicted octanol–water partition coefficient (Wildman–Crippen LogP) is 3.96. The number of amides is 1. The summed E-state index contributed by atoms with van der Waals surface area (Å²) in [5, 5.41) is 6.59. The molecule has 4 aliphatic carbocycles. The fourth-order valence-corrected chi connectivity index (χ4v) is 6.42. The molecule has 0 radical (unpaired) electrons. The van der Waals surface area contributed by atoms with E-state index in [0.29, 0.717) is 23.7 Å². The van der Waals surface area contributed by atoms with Crippen LogP contribution < -0.4 is 5.32 Å². The van der Waals surface area contributed by atoms with E-state index in [1.165, 1.54) is 37.1 Å². The van der Waals surface area contributed by atoms with Gasteiger partial charge in [-0.05, 0) is 82.0 Å². The maximum atomic E-state index is 12.6. The largest absolute Gasteiger partial charge is 0.356 e. The van der Waals surface area contributed by atoms with E-state index in [4.69, 9.17) is 0 Å². The van der Waals surface area contributed by atoms with Crippen molar-refractivity contribution in [3.8, 4) is 0 Å². The van der Waals surface area contributed by atoms with Crippen LogP contribution in [0.25, 0.3) is 0 Å². The summed E-state index contributed by atoms with van der Waals surface area (Å²) in [7, 11) is 0. The van der Waals surface area contributed by atoms with E-state index in [1.807, 2.05) is 6.92 Å². The Kier molecular flexibility index (Phi) is 4.44. The Morgan fingerprint density at radius 3 is 2.48 bits per heavy atom. The lowest BCUT2D eigenvalue weighted by Crippen LogP contribution is -2.51. The minimum absolute atomic E-state index is 0.337. The number of unbranched alkanes of at least 4 members (excludes halogenated alkanes) is 1. The van der Waals surface area contributed by atoms with Crippen molar-refractivity contribution in [2.45, 2.75) is 58.3 Å². The molecule has 4 heteroatoms. The van der Waals surface area contributed by atoms with Gasteiger partial charge in [-0.25, -0.2) is 4.98 Å². The van der Waals surface area contributed by atoms with Crippen LogP contribution in [0.1, 0.15) is 55.6 Å². The molecule has 4 aliphatic rings. The molecule has 23 heavy (non-hydrogen) atoms. The lowest BCUT2D eigenvalue weighted by atomic mass is 9.51. The van der Waals surface area contributed by atoms with Gasteiger partial charge >= 0.3 is 0 Å². The van der Waals surface area contributed by atoms with Crippen LogP contribution in [0.15, 0.2) is 5.38 Å². The SMILES string of the molecule is Cc1csc(CCCCNC(=O)C2C3CC4CC(C3)CC2C4)n1. The van der Waals surface area contributed by atoms with Crippen molar-refractivity contribution >= 4 is 17.2 Å². The number of hydrogen-bond acceptors (Lipinski definition) is 3. The van der Waals surface area contributed by atoms with Gasteiger partial charge in [0, 0.05) is 23.5 Å².